The Morgan fingerprint density at radius 2 is 1.92 bits per heavy atom. The number of sulfonamides is 1. The SMILES string of the molecule is Cc1cc(Nc2ccccc2)c(C=N)cc1C1CN(S(=O)(=O)c2cnn(C)n2)CCN1CCC(F)(F)F. The first-order valence-electron chi connectivity index (χ1n) is 11.6. The van der Waals surface area contributed by atoms with E-state index in [0.29, 0.717) is 16.8 Å². The van der Waals surface area contributed by atoms with Crippen LogP contribution in [0.2, 0.25) is 0 Å². The van der Waals surface area contributed by atoms with E-state index >= 15 is 0 Å². The number of piperazine rings is 1. The Bertz CT molecular complexity index is 1360. The van der Waals surface area contributed by atoms with Crippen molar-refractivity contribution in [3.63, 3.8) is 0 Å². The highest BCUT2D eigenvalue weighted by molar-refractivity contribution is 7.89. The molecule has 198 valence electrons. The lowest BCUT2D eigenvalue weighted by Gasteiger charge is -2.41. The van der Waals surface area contributed by atoms with Crippen molar-refractivity contribution < 1.29 is 21.6 Å². The summed E-state index contributed by atoms with van der Waals surface area (Å²) < 4.78 is 67.0. The van der Waals surface area contributed by atoms with Gasteiger partial charge in [-0.15, -0.1) is 5.10 Å². The average molecular weight is 536 g/mol. The molecule has 13 heteroatoms. The molecule has 4 rings (SSSR count). The summed E-state index contributed by atoms with van der Waals surface area (Å²) in [5, 5.41) is 18.8. The zero-order chi connectivity index (χ0) is 26.8. The van der Waals surface area contributed by atoms with Crippen LogP contribution in [0.15, 0.2) is 53.7 Å². The summed E-state index contributed by atoms with van der Waals surface area (Å²) in [7, 11) is -2.49. The van der Waals surface area contributed by atoms with Crippen molar-refractivity contribution in [2.75, 3.05) is 31.5 Å². The fourth-order valence-electron chi connectivity index (χ4n) is 4.43. The molecule has 9 nitrogen and oxygen atoms in total. The molecule has 0 radical (unpaired) electrons. The smallest absolute Gasteiger partial charge is 0.355 e. The molecule has 3 aromatic rings. The zero-order valence-corrected chi connectivity index (χ0v) is 21.2. The number of aryl methyl sites for hydroxylation is 2. The maximum atomic E-state index is 13.2. The Labute approximate surface area is 213 Å². The van der Waals surface area contributed by atoms with Crippen LogP contribution in [0, 0.1) is 12.3 Å². The van der Waals surface area contributed by atoms with Crippen molar-refractivity contribution in [2.24, 2.45) is 7.05 Å². The van der Waals surface area contributed by atoms with Crippen LogP contribution in [0.25, 0.3) is 0 Å². The molecule has 2 heterocycles. The molecule has 0 bridgehead atoms. The van der Waals surface area contributed by atoms with Gasteiger partial charge in [0.15, 0.2) is 0 Å². The molecule has 1 aliphatic heterocycles. The van der Waals surface area contributed by atoms with E-state index in [1.165, 1.54) is 17.6 Å². The summed E-state index contributed by atoms with van der Waals surface area (Å²) in [5.41, 5.74) is 3.46. The Morgan fingerprint density at radius 3 is 2.54 bits per heavy atom. The Hall–Kier alpha value is -3.29. The van der Waals surface area contributed by atoms with E-state index in [-0.39, 0.29) is 31.2 Å². The molecule has 37 heavy (non-hydrogen) atoms. The Balaban J connectivity index is 1.69. The van der Waals surface area contributed by atoms with Gasteiger partial charge in [-0.25, -0.2) is 8.42 Å². The Morgan fingerprint density at radius 1 is 1.19 bits per heavy atom. The molecule has 0 spiro atoms. The number of nitrogens with one attached hydrogen (secondary N) is 2. The highest BCUT2D eigenvalue weighted by Crippen LogP contribution is 2.35. The minimum absolute atomic E-state index is 0.0252. The molecule has 0 amide bonds. The van der Waals surface area contributed by atoms with E-state index in [2.05, 4.69) is 15.5 Å². The third-order valence-electron chi connectivity index (χ3n) is 6.32. The van der Waals surface area contributed by atoms with Crippen LogP contribution in [-0.2, 0) is 17.1 Å². The van der Waals surface area contributed by atoms with Gasteiger partial charge in [-0.3, -0.25) is 4.90 Å². The van der Waals surface area contributed by atoms with E-state index in [1.807, 2.05) is 43.3 Å². The van der Waals surface area contributed by atoms with Crippen LogP contribution in [0.4, 0.5) is 24.5 Å². The first kappa shape index (κ1) is 26.8. The maximum absolute atomic E-state index is 13.2. The van der Waals surface area contributed by atoms with Gasteiger partial charge in [0.05, 0.1) is 12.6 Å². The van der Waals surface area contributed by atoms with Crippen molar-refractivity contribution in [1.29, 1.82) is 5.41 Å². The molecule has 2 aromatic carbocycles. The highest BCUT2D eigenvalue weighted by atomic mass is 32.2. The third-order valence-corrected chi connectivity index (χ3v) is 8.05. The lowest BCUT2D eigenvalue weighted by molar-refractivity contribution is -0.140. The van der Waals surface area contributed by atoms with Crippen molar-refractivity contribution >= 4 is 27.6 Å². The van der Waals surface area contributed by atoms with Crippen LogP contribution < -0.4 is 5.32 Å². The number of anilines is 2. The molecule has 1 saturated heterocycles. The van der Waals surface area contributed by atoms with Gasteiger partial charge in [-0.05, 0) is 42.3 Å². The van der Waals surface area contributed by atoms with Gasteiger partial charge in [-0.1, -0.05) is 18.2 Å². The number of nitrogens with zero attached hydrogens (tertiary/aromatic N) is 5. The van der Waals surface area contributed by atoms with Crippen LogP contribution in [0.5, 0.6) is 0 Å². The topological polar surface area (TPSA) is 107 Å². The molecular formula is C24H28F3N7O2S. The fourth-order valence-corrected chi connectivity index (χ4v) is 5.76. The quantitative estimate of drug-likeness (QED) is 0.424. The van der Waals surface area contributed by atoms with Crippen LogP contribution in [-0.4, -0.2) is 71.2 Å². The van der Waals surface area contributed by atoms with Crippen molar-refractivity contribution in [3.05, 3.63) is 65.4 Å². The first-order valence-corrected chi connectivity index (χ1v) is 13.1. The Kier molecular flexibility index (Phi) is 7.67. The molecule has 0 saturated carbocycles. The van der Waals surface area contributed by atoms with Gasteiger partial charge >= 0.3 is 6.18 Å². The second-order valence-corrected chi connectivity index (χ2v) is 10.8. The van der Waals surface area contributed by atoms with Gasteiger partial charge in [-0.2, -0.15) is 27.4 Å². The van der Waals surface area contributed by atoms with Gasteiger partial charge in [0.1, 0.15) is 0 Å². The lowest BCUT2D eigenvalue weighted by atomic mass is 9.94. The highest BCUT2D eigenvalue weighted by Gasteiger charge is 2.38. The van der Waals surface area contributed by atoms with E-state index in [4.69, 9.17) is 5.41 Å². The van der Waals surface area contributed by atoms with E-state index < -0.39 is 28.7 Å². The van der Waals surface area contributed by atoms with Gasteiger partial charge in [0.2, 0.25) is 5.03 Å². The third kappa shape index (κ3) is 6.17. The number of halogens is 3. The van der Waals surface area contributed by atoms with E-state index in [9.17, 15) is 21.6 Å². The summed E-state index contributed by atoms with van der Waals surface area (Å²) >= 11 is 0. The molecule has 0 aliphatic carbocycles. The number of aromatic nitrogens is 3. The normalized spacial score (nSPS) is 17.6. The number of rotatable bonds is 8. The van der Waals surface area contributed by atoms with Crippen molar-refractivity contribution in [3.8, 4) is 0 Å². The second kappa shape index (κ2) is 10.6. The van der Waals surface area contributed by atoms with Crippen LogP contribution in [0.3, 0.4) is 0 Å². The average Bonchev–Trinajstić information content (AvgIpc) is 3.30. The molecule has 2 N–H and O–H groups in total. The van der Waals surface area contributed by atoms with Crippen molar-refractivity contribution in [2.45, 2.75) is 30.6 Å². The largest absolute Gasteiger partial charge is 0.390 e. The summed E-state index contributed by atoms with van der Waals surface area (Å²) in [6.45, 7) is 1.65. The number of hydrogen-bond acceptors (Lipinski definition) is 7. The van der Waals surface area contributed by atoms with E-state index in [0.717, 1.165) is 22.2 Å². The number of hydrogen-bond donors (Lipinski definition) is 2. The minimum atomic E-state index is -4.34. The predicted octanol–water partition coefficient (Wildman–Crippen LogP) is 3.86. The predicted molar refractivity (Wildman–Crippen MR) is 134 cm³/mol. The van der Waals surface area contributed by atoms with Gasteiger partial charge in [0.25, 0.3) is 10.0 Å². The molecule has 1 aromatic heterocycles. The standard InChI is InChI=1S/C24H28F3N7O2S/c1-17-12-21(30-19-6-4-3-5-7-19)18(14-28)13-20(17)22-16-34(11-10-33(22)9-8-24(25,26)27)37(35,36)23-15-29-32(2)31-23/h3-7,12-15,22,28,30H,8-11,16H2,1-2H3. The van der Waals surface area contributed by atoms with Crippen LogP contribution >= 0.6 is 0 Å². The molecule has 1 atom stereocenters. The monoisotopic (exact) mass is 535 g/mol. The maximum Gasteiger partial charge on any atom is 0.390 e. The van der Waals surface area contributed by atoms with Crippen LogP contribution in [0.1, 0.15) is 29.2 Å². The summed E-state index contributed by atoms with van der Waals surface area (Å²) in [4.78, 5) is 2.81. The zero-order valence-electron chi connectivity index (χ0n) is 20.4. The van der Waals surface area contributed by atoms with Gasteiger partial charge in [0, 0.05) is 62.4 Å². The number of alkyl halides is 3. The summed E-state index contributed by atoms with van der Waals surface area (Å²) in [6, 6.07) is 12.3. The summed E-state index contributed by atoms with van der Waals surface area (Å²) in [5.74, 6) is 0. The first-order chi connectivity index (χ1) is 17.5. The molecule has 1 fully saturated rings. The second-order valence-electron chi connectivity index (χ2n) is 8.88. The number of para-hydroxylation sites is 1. The van der Waals surface area contributed by atoms with Crippen molar-refractivity contribution in [1.82, 2.24) is 24.2 Å². The molecule has 1 unspecified atom stereocenters. The molecule has 1 aliphatic rings. The number of benzene rings is 2. The fraction of sp³-hybridized carbons (Fsp3) is 0.375. The molecular weight excluding hydrogens is 507 g/mol. The van der Waals surface area contributed by atoms with Gasteiger partial charge < -0.3 is 10.7 Å². The summed E-state index contributed by atoms with van der Waals surface area (Å²) in [6.07, 6.45) is -3.02. The van der Waals surface area contributed by atoms with E-state index in [1.54, 1.807) is 11.0 Å². The lowest BCUT2D eigenvalue weighted by Crippen LogP contribution is -2.51. The minimum Gasteiger partial charge on any atom is -0.355 e.